The number of methoxy groups -OCH3 is 1. The van der Waals surface area contributed by atoms with Gasteiger partial charge >= 0.3 is 0 Å². The van der Waals surface area contributed by atoms with Crippen LogP contribution in [0, 0.1) is 0 Å². The Bertz CT molecular complexity index is 502. The average Bonchev–Trinajstić information content (AvgIpc) is 2.53. The summed E-state index contributed by atoms with van der Waals surface area (Å²) in [6, 6.07) is 7.99. The van der Waals surface area contributed by atoms with Crippen molar-refractivity contribution in [2.24, 2.45) is 0 Å². The second-order valence-electron chi connectivity index (χ2n) is 7.11. The van der Waals surface area contributed by atoms with Crippen LogP contribution in [-0.2, 0) is 11.2 Å². The van der Waals surface area contributed by atoms with E-state index in [-0.39, 0.29) is 11.9 Å². The highest BCUT2D eigenvalue weighted by Gasteiger charge is 2.27. The van der Waals surface area contributed by atoms with Gasteiger partial charge in [0.1, 0.15) is 0 Å². The van der Waals surface area contributed by atoms with E-state index < -0.39 is 5.60 Å². The number of hydrogen-bond acceptors (Lipinski definition) is 3. The quantitative estimate of drug-likeness (QED) is 0.877. The van der Waals surface area contributed by atoms with Gasteiger partial charge in [-0.2, -0.15) is 0 Å². The molecule has 1 atom stereocenters. The van der Waals surface area contributed by atoms with Gasteiger partial charge in [-0.3, -0.25) is 4.79 Å². The second-order valence-corrected chi connectivity index (χ2v) is 7.11. The van der Waals surface area contributed by atoms with E-state index in [0.29, 0.717) is 13.0 Å². The van der Waals surface area contributed by atoms with Gasteiger partial charge in [-0.15, -0.1) is 0 Å². The lowest BCUT2D eigenvalue weighted by molar-refractivity contribution is 0.0428. The van der Waals surface area contributed by atoms with E-state index in [1.807, 2.05) is 43.0 Å². The third-order valence-electron chi connectivity index (χ3n) is 4.47. The normalized spacial score (nSPS) is 19.0. The van der Waals surface area contributed by atoms with Crippen molar-refractivity contribution in [3.63, 3.8) is 0 Å². The van der Waals surface area contributed by atoms with Gasteiger partial charge in [-0.1, -0.05) is 12.1 Å². The fraction of sp³-hybridized carbons (Fsp3) is 0.632. The Morgan fingerprint density at radius 3 is 2.61 bits per heavy atom. The highest BCUT2D eigenvalue weighted by atomic mass is 16.5. The molecule has 0 aliphatic carbocycles. The Morgan fingerprint density at radius 2 is 2.00 bits per heavy atom. The summed E-state index contributed by atoms with van der Waals surface area (Å²) >= 11 is 0. The number of benzene rings is 1. The summed E-state index contributed by atoms with van der Waals surface area (Å²) in [7, 11) is 1.69. The van der Waals surface area contributed by atoms with Crippen LogP contribution in [0.25, 0.3) is 0 Å². The van der Waals surface area contributed by atoms with Gasteiger partial charge in [0.15, 0.2) is 0 Å². The average molecular weight is 319 g/mol. The maximum atomic E-state index is 12.7. The Labute approximate surface area is 139 Å². The molecule has 23 heavy (non-hydrogen) atoms. The standard InChI is InChI=1S/C19H29NO3/c1-19(2,22)12-11-15-7-9-16(10-8-15)18(21)20-13-5-4-6-17(20)14-23-3/h7-10,17,22H,4-6,11-14H2,1-3H3/t17-/m1/s1. The molecule has 1 aromatic carbocycles. The fourth-order valence-corrected chi connectivity index (χ4v) is 3.06. The minimum atomic E-state index is -0.657. The maximum absolute atomic E-state index is 12.7. The largest absolute Gasteiger partial charge is 0.390 e. The number of nitrogens with zero attached hydrogens (tertiary/aromatic N) is 1. The van der Waals surface area contributed by atoms with Crippen LogP contribution in [0.1, 0.15) is 55.5 Å². The molecular formula is C19H29NO3. The van der Waals surface area contributed by atoms with E-state index in [1.54, 1.807) is 7.11 Å². The number of amides is 1. The van der Waals surface area contributed by atoms with Crippen LogP contribution >= 0.6 is 0 Å². The monoisotopic (exact) mass is 319 g/mol. The van der Waals surface area contributed by atoms with Crippen molar-refractivity contribution in [2.45, 2.75) is 57.6 Å². The van der Waals surface area contributed by atoms with E-state index in [2.05, 4.69) is 0 Å². The van der Waals surface area contributed by atoms with E-state index in [1.165, 1.54) is 0 Å². The van der Waals surface area contributed by atoms with Crippen molar-refractivity contribution in [1.82, 2.24) is 4.90 Å². The summed E-state index contributed by atoms with van der Waals surface area (Å²) in [6.45, 7) is 5.05. The molecule has 0 spiro atoms. The van der Waals surface area contributed by atoms with E-state index in [0.717, 1.165) is 43.4 Å². The molecule has 0 bridgehead atoms. The van der Waals surface area contributed by atoms with Gasteiger partial charge in [0.2, 0.25) is 0 Å². The lowest BCUT2D eigenvalue weighted by Gasteiger charge is -2.35. The molecule has 2 rings (SSSR count). The number of piperidine rings is 1. The molecule has 1 saturated heterocycles. The highest BCUT2D eigenvalue weighted by Crippen LogP contribution is 2.21. The third-order valence-corrected chi connectivity index (χ3v) is 4.47. The SMILES string of the molecule is COC[C@H]1CCCCN1C(=O)c1ccc(CCC(C)(C)O)cc1. The van der Waals surface area contributed by atoms with Crippen molar-refractivity contribution in [3.8, 4) is 0 Å². The highest BCUT2D eigenvalue weighted by molar-refractivity contribution is 5.94. The molecule has 1 amide bonds. The number of ether oxygens (including phenoxy) is 1. The van der Waals surface area contributed by atoms with Gasteiger partial charge in [-0.25, -0.2) is 0 Å². The molecular weight excluding hydrogens is 290 g/mol. The zero-order valence-electron chi connectivity index (χ0n) is 14.5. The summed E-state index contributed by atoms with van der Waals surface area (Å²) in [6.07, 6.45) is 4.77. The second kappa shape index (κ2) is 7.93. The van der Waals surface area contributed by atoms with Crippen LogP contribution in [0.4, 0.5) is 0 Å². The number of rotatable bonds is 6. The number of aryl methyl sites for hydroxylation is 1. The number of carbonyl (C=O) groups is 1. The lowest BCUT2D eigenvalue weighted by Crippen LogP contribution is -2.46. The Balaban J connectivity index is 2.01. The van der Waals surface area contributed by atoms with Crippen molar-refractivity contribution in [2.75, 3.05) is 20.3 Å². The van der Waals surface area contributed by atoms with Crippen molar-refractivity contribution >= 4 is 5.91 Å². The summed E-state index contributed by atoms with van der Waals surface area (Å²) < 4.78 is 5.26. The van der Waals surface area contributed by atoms with E-state index in [9.17, 15) is 9.90 Å². The lowest BCUT2D eigenvalue weighted by atomic mass is 9.97. The molecule has 1 aliphatic heterocycles. The first kappa shape index (κ1) is 18.0. The van der Waals surface area contributed by atoms with Crippen LogP contribution < -0.4 is 0 Å². The molecule has 0 unspecified atom stereocenters. The molecule has 0 saturated carbocycles. The molecule has 1 heterocycles. The number of aliphatic hydroxyl groups is 1. The summed E-state index contributed by atoms with van der Waals surface area (Å²) in [4.78, 5) is 14.7. The summed E-state index contributed by atoms with van der Waals surface area (Å²) in [5.74, 6) is 0.0980. The van der Waals surface area contributed by atoms with Crippen LogP contribution in [0.2, 0.25) is 0 Å². The molecule has 4 heteroatoms. The minimum Gasteiger partial charge on any atom is -0.390 e. The van der Waals surface area contributed by atoms with Gasteiger partial charge in [0.05, 0.1) is 18.2 Å². The van der Waals surface area contributed by atoms with Crippen LogP contribution in [0.3, 0.4) is 0 Å². The smallest absolute Gasteiger partial charge is 0.254 e. The van der Waals surface area contributed by atoms with Gasteiger partial charge in [0.25, 0.3) is 5.91 Å². The van der Waals surface area contributed by atoms with Crippen molar-refractivity contribution in [3.05, 3.63) is 35.4 Å². The number of likely N-dealkylation sites (tertiary alicyclic amines) is 1. The van der Waals surface area contributed by atoms with E-state index in [4.69, 9.17) is 4.74 Å². The predicted molar refractivity (Wildman–Crippen MR) is 91.6 cm³/mol. The Hall–Kier alpha value is -1.39. The Morgan fingerprint density at radius 1 is 1.30 bits per heavy atom. The zero-order valence-corrected chi connectivity index (χ0v) is 14.5. The van der Waals surface area contributed by atoms with Crippen molar-refractivity contribution < 1.29 is 14.6 Å². The molecule has 4 nitrogen and oxygen atoms in total. The molecule has 1 fully saturated rings. The predicted octanol–water partition coefficient (Wildman–Crippen LogP) is 3.03. The number of hydrogen-bond donors (Lipinski definition) is 1. The topological polar surface area (TPSA) is 49.8 Å². The Kier molecular flexibility index (Phi) is 6.19. The van der Waals surface area contributed by atoms with Gasteiger partial charge < -0.3 is 14.7 Å². The van der Waals surface area contributed by atoms with Gasteiger partial charge in [0, 0.05) is 19.2 Å². The van der Waals surface area contributed by atoms with Crippen LogP contribution in [-0.4, -0.2) is 47.8 Å². The zero-order chi connectivity index (χ0) is 16.9. The summed E-state index contributed by atoms with van der Waals surface area (Å²) in [5.41, 5.74) is 1.23. The molecule has 1 N–H and O–H groups in total. The molecule has 1 aliphatic rings. The first-order valence-electron chi connectivity index (χ1n) is 8.52. The molecule has 1 aromatic rings. The van der Waals surface area contributed by atoms with E-state index >= 15 is 0 Å². The third kappa shape index (κ3) is 5.33. The molecule has 0 radical (unpaired) electrons. The first-order chi connectivity index (χ1) is 10.9. The number of carbonyl (C=O) groups excluding carboxylic acids is 1. The van der Waals surface area contributed by atoms with Crippen LogP contribution in [0.5, 0.6) is 0 Å². The minimum absolute atomic E-state index is 0.0980. The molecule has 128 valence electrons. The summed E-state index contributed by atoms with van der Waals surface area (Å²) in [5, 5.41) is 9.80. The first-order valence-corrected chi connectivity index (χ1v) is 8.52. The molecule has 0 aromatic heterocycles. The maximum Gasteiger partial charge on any atom is 0.254 e. The van der Waals surface area contributed by atoms with Crippen LogP contribution in [0.15, 0.2) is 24.3 Å². The fourth-order valence-electron chi connectivity index (χ4n) is 3.06. The van der Waals surface area contributed by atoms with Gasteiger partial charge in [-0.05, 0) is 63.6 Å². The van der Waals surface area contributed by atoms with Crippen molar-refractivity contribution in [1.29, 1.82) is 0 Å².